The topological polar surface area (TPSA) is 554 Å². The number of hydrogen-bond donors (Lipinski definition) is 10. The largest absolute Gasteiger partial charge is 0.460 e. The van der Waals surface area contributed by atoms with Gasteiger partial charge in [-0.05, 0) is 133 Å². The highest BCUT2D eigenvalue weighted by molar-refractivity contribution is 5.96. The molecule has 142 heavy (non-hydrogen) atoms. The maximum absolute atomic E-state index is 16.6. The van der Waals surface area contributed by atoms with Gasteiger partial charge in [0.05, 0.1) is 65.4 Å². The Labute approximate surface area is 835 Å². The lowest BCUT2D eigenvalue weighted by Gasteiger charge is -2.49. The molecule has 0 aromatic heterocycles. The molecule has 0 aliphatic heterocycles. The number of ether oxygens (including phenoxy) is 10. The second-order valence-corrected chi connectivity index (χ2v) is 39.6. The summed E-state index contributed by atoms with van der Waals surface area (Å²) in [5.74, 6) is -17.8. The molecule has 0 spiro atoms. The number of esters is 10. The first kappa shape index (κ1) is 129. The fraction of sp³-hybridized carbons (Fsp3) is 0.608. The minimum atomic E-state index is -2.41. The second kappa shape index (κ2) is 58.9. The Morgan fingerprint density at radius 1 is 0.169 bits per heavy atom. The van der Waals surface area contributed by atoms with E-state index in [1.165, 1.54) is 145 Å². The first-order chi connectivity index (χ1) is 65.4. The smallest absolute Gasteiger partial charge is 0.333 e. The van der Waals surface area contributed by atoms with Gasteiger partial charge in [-0.3, -0.25) is 47.9 Å². The quantitative estimate of drug-likeness (QED) is 0.0123. The molecule has 0 rings (SSSR count). The first-order valence-corrected chi connectivity index (χ1v) is 46.5. The molecule has 10 amide bonds. The van der Waals surface area contributed by atoms with Crippen molar-refractivity contribution in [2.75, 3.05) is 132 Å². The maximum atomic E-state index is 16.6. The molecule has 0 bridgehead atoms. The summed E-state index contributed by atoms with van der Waals surface area (Å²) in [6.45, 7) is 57.5. The number of rotatable bonds is 69. The van der Waals surface area contributed by atoms with Gasteiger partial charge < -0.3 is 101 Å². The van der Waals surface area contributed by atoms with E-state index < -0.39 is 336 Å². The van der Waals surface area contributed by atoms with Crippen LogP contribution in [0, 0.1) is 54.1 Å². The summed E-state index contributed by atoms with van der Waals surface area (Å²) in [7, 11) is 0. The van der Waals surface area contributed by atoms with Crippen LogP contribution in [0.5, 0.6) is 0 Å². The normalized spacial score (nSPS) is 14.8. The van der Waals surface area contributed by atoms with Crippen molar-refractivity contribution >= 4 is 119 Å². The lowest BCUT2D eigenvalue weighted by molar-refractivity contribution is -0.152. The van der Waals surface area contributed by atoms with Crippen molar-refractivity contribution in [3.8, 4) is 0 Å². The summed E-state index contributed by atoms with van der Waals surface area (Å²) in [6.07, 6.45) is -6.72. The molecule has 9 atom stereocenters. The average molecular weight is 2000 g/mol. The van der Waals surface area contributed by atoms with E-state index in [0.29, 0.717) is 0 Å². The van der Waals surface area contributed by atoms with E-state index in [1.807, 2.05) is 0 Å². The number of amides is 10. The third kappa shape index (κ3) is 43.9. The Morgan fingerprint density at radius 2 is 0.268 bits per heavy atom. The Bertz CT molecular complexity index is 4770. The van der Waals surface area contributed by atoms with Crippen LogP contribution in [0.4, 0.5) is 0 Å². The van der Waals surface area contributed by atoms with Crippen molar-refractivity contribution in [2.45, 2.75) is 217 Å². The van der Waals surface area contributed by atoms with E-state index in [0.717, 1.165) is 0 Å². The van der Waals surface area contributed by atoms with E-state index in [4.69, 9.17) is 47.4 Å². The first-order valence-electron chi connectivity index (χ1n) is 46.5. The number of carbonyl (C=O) groups excluding carboxylic acids is 20. The van der Waals surface area contributed by atoms with Gasteiger partial charge in [-0.15, -0.1) is 0 Å². The van der Waals surface area contributed by atoms with Crippen LogP contribution in [0.3, 0.4) is 0 Å². The molecule has 40 nitrogen and oxygen atoms in total. The summed E-state index contributed by atoms with van der Waals surface area (Å²) < 4.78 is 53.9. The minimum Gasteiger partial charge on any atom is -0.460 e. The highest BCUT2D eigenvalue weighted by atomic mass is 16.6. The van der Waals surface area contributed by atoms with Crippen molar-refractivity contribution in [2.24, 2.45) is 54.1 Å². The molecule has 0 aliphatic rings. The van der Waals surface area contributed by atoms with Crippen molar-refractivity contribution in [3.05, 3.63) is 122 Å². The zero-order valence-electron chi connectivity index (χ0n) is 87.5. The predicted octanol–water partition coefficient (Wildman–Crippen LogP) is 7.35. The molecule has 0 radical (unpaired) electrons. The molecule has 9 unspecified atom stereocenters. The minimum absolute atomic E-state index is 0.00627. The Morgan fingerprint density at radius 3 is 0.380 bits per heavy atom. The van der Waals surface area contributed by atoms with Crippen molar-refractivity contribution in [1.82, 2.24) is 53.2 Å². The number of nitrogens with one attached hydrogen (secondary N) is 10. The van der Waals surface area contributed by atoms with Crippen molar-refractivity contribution in [1.29, 1.82) is 0 Å². The van der Waals surface area contributed by atoms with Gasteiger partial charge in [-0.1, -0.05) is 149 Å². The van der Waals surface area contributed by atoms with Gasteiger partial charge in [0, 0.05) is 110 Å². The van der Waals surface area contributed by atoms with Gasteiger partial charge in [-0.25, -0.2) is 47.9 Å². The Balaban J connectivity index is 11.0. The van der Waals surface area contributed by atoms with Gasteiger partial charge in [0.15, 0.2) is 0 Å². The third-order valence-electron chi connectivity index (χ3n) is 23.1. The fourth-order valence-corrected chi connectivity index (χ4v) is 16.6. The highest BCUT2D eigenvalue weighted by Crippen LogP contribution is 2.56. The van der Waals surface area contributed by atoms with Crippen LogP contribution < -0.4 is 53.2 Å². The van der Waals surface area contributed by atoms with Crippen LogP contribution in [0.1, 0.15) is 217 Å². The Kier molecular flexibility index (Phi) is 53.4. The van der Waals surface area contributed by atoms with E-state index in [9.17, 15) is 57.5 Å². The summed E-state index contributed by atoms with van der Waals surface area (Å²) in [5.41, 5.74) is -21.5. The zero-order chi connectivity index (χ0) is 110. The summed E-state index contributed by atoms with van der Waals surface area (Å²) >= 11 is 0. The number of carbonyl (C=O) groups is 20. The van der Waals surface area contributed by atoms with Crippen LogP contribution in [0.25, 0.3) is 0 Å². The van der Waals surface area contributed by atoms with E-state index >= 15 is 38.4 Å². The lowest BCUT2D eigenvalue weighted by atomic mass is 9.55. The fourth-order valence-electron chi connectivity index (χ4n) is 16.6. The van der Waals surface area contributed by atoms with Gasteiger partial charge in [0.25, 0.3) is 0 Å². The molecule has 0 aliphatic carbocycles. The summed E-state index contributed by atoms with van der Waals surface area (Å²) in [4.78, 5) is 289. The molecule has 0 aromatic carbocycles. The zero-order valence-corrected chi connectivity index (χ0v) is 87.5. The van der Waals surface area contributed by atoms with Crippen LogP contribution >= 0.6 is 0 Å². The molecule has 40 heteroatoms. The monoisotopic (exact) mass is 2000 g/mol. The molecular weight excluding hydrogens is 1850 g/mol. The second-order valence-electron chi connectivity index (χ2n) is 39.6. The van der Waals surface area contributed by atoms with Crippen LogP contribution in [-0.4, -0.2) is 250 Å². The molecule has 794 valence electrons. The van der Waals surface area contributed by atoms with Crippen LogP contribution in [0.2, 0.25) is 0 Å². The molecule has 0 heterocycles. The van der Waals surface area contributed by atoms with E-state index in [2.05, 4.69) is 119 Å². The molecule has 0 aromatic rings. The average Bonchev–Trinajstić information content (AvgIpc) is 0.758. The molecular formula is C102H156N10O30. The SMILES string of the molecule is C=C(C)C(=O)OCCNC(=O)C(C)(C)CC(C)(CC(C)(CC(C)(CC(C)(CC(C)(CC(C)(CC(C)(CC(C)(CC(C)(CC)C(=O)NCCOC(=O)C(=C)C)C(=O)NCCOC(=O)C(=C)C)C(=O)NCCOC(=O)C(=C)C)C(=O)NCCOC(=O)C(=C)C)C(=O)NCCOC(=O)C(=C)C)C(=O)NCCOC(=O)C(=C)C)C(=O)NCCOC(=O)C(=C)C)C(=O)NCCOC(=O)C(=C)C)C(=O)NCCOC(=O)C(=C)C. The molecule has 0 fully saturated rings. The van der Waals surface area contributed by atoms with Crippen LogP contribution in [-0.2, 0) is 143 Å². The third-order valence-corrected chi connectivity index (χ3v) is 23.1. The maximum Gasteiger partial charge on any atom is 0.333 e. The van der Waals surface area contributed by atoms with Gasteiger partial charge >= 0.3 is 59.7 Å². The van der Waals surface area contributed by atoms with Gasteiger partial charge in [-0.2, -0.15) is 0 Å². The van der Waals surface area contributed by atoms with Crippen LogP contribution in [0.15, 0.2) is 122 Å². The van der Waals surface area contributed by atoms with E-state index in [1.54, 1.807) is 6.92 Å². The van der Waals surface area contributed by atoms with Gasteiger partial charge in [0.2, 0.25) is 59.1 Å². The molecule has 0 saturated heterocycles. The molecule has 0 saturated carbocycles. The highest BCUT2D eigenvalue weighted by Gasteiger charge is 2.59. The standard InChI is InChI=1S/C102H156N10O30/c1-33-94(24,84(124)104-35-45-134-74(114)64(4)5)55-96(26,86(126)106-37-47-136-76(116)66(8)9)57-98(28,88(128)108-39-49-138-78(118)68(12)13)59-100(30,90(130)110-41-51-140-80(120)70(16)17)61-102(32,92(132)112-43-53-142-82(122)72(20)21)62-101(31,91(131)111-42-52-141-81(121)71(18)19)60-99(29,89(129)109-40-50-139-79(119)69(14)15)58-97(27,87(127)107-38-48-137-77(117)67(10)11)56-95(25,85(125)105-36-46-135-75(115)65(6)7)54-93(22,23)83(123)103-34-44-133-73(113)63(2)3/h2,4,6,8,10,12,14,16,18,20,33-62H2,1,3,5,7,9,11,13,15,17,19,21-32H3,(H,103,123)(H,104,124)(H,105,125)(H,106,126)(H,107,127)(H,108,128)(H,109,129)(H,110,130)(H,111,131)(H,112,132). The summed E-state index contributed by atoms with van der Waals surface area (Å²) in [5, 5.41) is 27.6. The predicted molar refractivity (Wildman–Crippen MR) is 526 cm³/mol. The Hall–Kier alpha value is -13.2. The van der Waals surface area contributed by atoms with Crippen molar-refractivity contribution in [3.63, 3.8) is 0 Å². The molecule has 10 N–H and O–H groups in total. The van der Waals surface area contributed by atoms with E-state index in [-0.39, 0.29) is 88.5 Å². The van der Waals surface area contributed by atoms with Crippen molar-refractivity contribution < 1.29 is 143 Å². The van der Waals surface area contributed by atoms with Gasteiger partial charge in [0.1, 0.15) is 66.1 Å². The summed E-state index contributed by atoms with van der Waals surface area (Å²) in [6, 6.07) is 0. The number of hydrogen-bond acceptors (Lipinski definition) is 30. The lowest BCUT2D eigenvalue weighted by Crippen LogP contribution is -2.57.